The second-order valence-electron chi connectivity index (χ2n) is 4.75. The van der Waals surface area contributed by atoms with Gasteiger partial charge in [-0.1, -0.05) is 12.1 Å². The van der Waals surface area contributed by atoms with E-state index < -0.39 is 32.5 Å². The summed E-state index contributed by atoms with van der Waals surface area (Å²) in [4.78, 5) is 21.3. The molecule has 1 rings (SSSR count). The third-order valence-corrected chi connectivity index (χ3v) is 3.84. The van der Waals surface area contributed by atoms with Crippen LogP contribution in [-0.2, 0) is 16.4 Å². The molecule has 0 bridgehead atoms. The molecule has 21 heavy (non-hydrogen) atoms. The molecule has 0 fully saturated rings. The molecule has 1 unspecified atom stereocenters. The Morgan fingerprint density at radius 2 is 2.10 bits per heavy atom. The fourth-order valence-electron chi connectivity index (χ4n) is 1.93. The van der Waals surface area contributed by atoms with Crippen molar-refractivity contribution in [3.05, 3.63) is 39.4 Å². The lowest BCUT2D eigenvalue weighted by atomic mass is 10.1. The lowest BCUT2D eigenvalue weighted by Crippen LogP contribution is -2.32. The van der Waals surface area contributed by atoms with Crippen molar-refractivity contribution >= 4 is 21.5 Å². The van der Waals surface area contributed by atoms with Gasteiger partial charge in [-0.25, -0.2) is 13.2 Å². The maximum atomic E-state index is 11.2. The molecule has 0 aliphatic rings. The first-order valence-corrected chi connectivity index (χ1v) is 8.08. The van der Waals surface area contributed by atoms with Crippen molar-refractivity contribution in [3.63, 3.8) is 0 Å². The van der Waals surface area contributed by atoms with Crippen LogP contribution in [0.1, 0.15) is 22.8 Å². The molecule has 8 nitrogen and oxygen atoms in total. The van der Waals surface area contributed by atoms with Crippen LogP contribution in [0.25, 0.3) is 0 Å². The normalized spacial score (nSPS) is 12.9. The number of nitro groups is 1. The van der Waals surface area contributed by atoms with E-state index in [1.165, 1.54) is 12.1 Å². The quantitative estimate of drug-likeness (QED) is 0.563. The molecule has 0 aliphatic carbocycles. The van der Waals surface area contributed by atoms with Gasteiger partial charge in [-0.05, 0) is 12.5 Å². The molecule has 0 radical (unpaired) electrons. The molecule has 0 saturated carbocycles. The second-order valence-corrected chi connectivity index (χ2v) is 6.93. The SMILES string of the molecule is CC(CS(C)(=O)=O)NCc1cccc([N+](=O)[O-])c1C(=O)O. The van der Waals surface area contributed by atoms with E-state index in [2.05, 4.69) is 5.32 Å². The molecule has 2 N–H and O–H groups in total. The topological polar surface area (TPSA) is 127 Å². The first-order chi connectivity index (χ1) is 9.61. The number of carboxylic acids is 1. The lowest BCUT2D eigenvalue weighted by Gasteiger charge is -2.14. The summed E-state index contributed by atoms with van der Waals surface area (Å²) < 4.78 is 22.3. The number of hydrogen-bond donors (Lipinski definition) is 2. The zero-order chi connectivity index (χ0) is 16.2. The van der Waals surface area contributed by atoms with Gasteiger partial charge in [0.15, 0.2) is 0 Å². The number of hydrogen-bond acceptors (Lipinski definition) is 6. The summed E-state index contributed by atoms with van der Waals surface area (Å²) in [5.74, 6) is -1.50. The highest BCUT2D eigenvalue weighted by Gasteiger charge is 2.23. The molecule has 0 amide bonds. The summed E-state index contributed by atoms with van der Waals surface area (Å²) in [5, 5.41) is 22.8. The number of aromatic carboxylic acids is 1. The molecule has 1 aromatic carbocycles. The van der Waals surface area contributed by atoms with Gasteiger partial charge in [0.1, 0.15) is 15.4 Å². The number of nitrogens with zero attached hydrogens (tertiary/aromatic N) is 1. The van der Waals surface area contributed by atoms with E-state index in [0.29, 0.717) is 0 Å². The van der Waals surface area contributed by atoms with E-state index >= 15 is 0 Å². The van der Waals surface area contributed by atoms with Crippen LogP contribution in [0, 0.1) is 10.1 Å². The van der Waals surface area contributed by atoms with Crippen LogP contribution in [-0.4, -0.2) is 42.5 Å². The van der Waals surface area contributed by atoms with Crippen molar-refractivity contribution in [2.45, 2.75) is 19.5 Å². The molecule has 116 valence electrons. The predicted molar refractivity (Wildman–Crippen MR) is 76.1 cm³/mol. The second kappa shape index (κ2) is 6.64. The van der Waals surface area contributed by atoms with Crippen molar-refractivity contribution in [2.75, 3.05) is 12.0 Å². The minimum atomic E-state index is -3.16. The van der Waals surface area contributed by atoms with Gasteiger partial charge in [-0.2, -0.15) is 0 Å². The summed E-state index contributed by atoms with van der Waals surface area (Å²) in [6, 6.07) is 3.56. The Kier molecular flexibility index (Phi) is 5.39. The summed E-state index contributed by atoms with van der Waals surface area (Å²) in [6.45, 7) is 1.67. The number of carbonyl (C=O) groups is 1. The fraction of sp³-hybridized carbons (Fsp3) is 0.417. The van der Waals surface area contributed by atoms with Gasteiger partial charge in [-0.3, -0.25) is 10.1 Å². The Labute approximate surface area is 121 Å². The Morgan fingerprint density at radius 1 is 1.48 bits per heavy atom. The monoisotopic (exact) mass is 316 g/mol. The van der Waals surface area contributed by atoms with Crippen LogP contribution in [0.15, 0.2) is 18.2 Å². The summed E-state index contributed by atoms with van der Waals surface area (Å²) >= 11 is 0. The Bertz CT molecular complexity index is 656. The number of rotatable bonds is 7. The van der Waals surface area contributed by atoms with Crippen molar-refractivity contribution in [1.82, 2.24) is 5.32 Å². The maximum Gasteiger partial charge on any atom is 0.343 e. The van der Waals surface area contributed by atoms with E-state index in [1.807, 2.05) is 0 Å². The van der Waals surface area contributed by atoms with E-state index in [4.69, 9.17) is 5.11 Å². The maximum absolute atomic E-state index is 11.2. The van der Waals surface area contributed by atoms with Crippen molar-refractivity contribution in [1.29, 1.82) is 0 Å². The van der Waals surface area contributed by atoms with Gasteiger partial charge in [0.25, 0.3) is 5.69 Å². The van der Waals surface area contributed by atoms with E-state index in [-0.39, 0.29) is 23.4 Å². The van der Waals surface area contributed by atoms with E-state index in [9.17, 15) is 23.3 Å². The van der Waals surface area contributed by atoms with Crippen molar-refractivity contribution < 1.29 is 23.2 Å². The minimum absolute atomic E-state index is 0.0278. The van der Waals surface area contributed by atoms with Gasteiger partial charge < -0.3 is 10.4 Å². The third-order valence-electron chi connectivity index (χ3n) is 2.73. The first-order valence-electron chi connectivity index (χ1n) is 6.02. The van der Waals surface area contributed by atoms with Crippen LogP contribution in [0.3, 0.4) is 0 Å². The third kappa shape index (κ3) is 5.12. The van der Waals surface area contributed by atoms with Gasteiger partial charge >= 0.3 is 5.97 Å². The Morgan fingerprint density at radius 3 is 2.57 bits per heavy atom. The summed E-state index contributed by atoms with van der Waals surface area (Å²) in [7, 11) is -3.16. The minimum Gasteiger partial charge on any atom is -0.477 e. The number of benzene rings is 1. The largest absolute Gasteiger partial charge is 0.477 e. The van der Waals surface area contributed by atoms with Gasteiger partial charge in [-0.15, -0.1) is 0 Å². The molecular weight excluding hydrogens is 300 g/mol. The smallest absolute Gasteiger partial charge is 0.343 e. The molecule has 1 aromatic rings. The molecule has 0 aromatic heterocycles. The van der Waals surface area contributed by atoms with Crippen molar-refractivity contribution in [3.8, 4) is 0 Å². The average molecular weight is 316 g/mol. The molecule has 9 heteroatoms. The van der Waals surface area contributed by atoms with Gasteiger partial charge in [0.2, 0.25) is 0 Å². The highest BCUT2D eigenvalue weighted by Crippen LogP contribution is 2.22. The van der Waals surface area contributed by atoms with Gasteiger partial charge in [0.05, 0.1) is 10.7 Å². The molecule has 0 aliphatic heterocycles. The molecule has 1 atom stereocenters. The zero-order valence-corrected chi connectivity index (χ0v) is 12.4. The molecular formula is C12H16N2O6S. The van der Waals surface area contributed by atoms with Crippen LogP contribution in [0.5, 0.6) is 0 Å². The van der Waals surface area contributed by atoms with E-state index in [1.54, 1.807) is 6.92 Å². The molecule has 0 heterocycles. The number of nitro benzene ring substituents is 1. The predicted octanol–water partition coefficient (Wildman–Crippen LogP) is 0.816. The first kappa shape index (κ1) is 17.1. The van der Waals surface area contributed by atoms with Crippen molar-refractivity contribution in [2.24, 2.45) is 0 Å². The fourth-order valence-corrected chi connectivity index (χ4v) is 2.96. The number of sulfone groups is 1. The zero-order valence-electron chi connectivity index (χ0n) is 11.6. The number of carboxylic acid groups (broad SMARTS) is 1. The van der Waals surface area contributed by atoms with E-state index in [0.717, 1.165) is 12.3 Å². The van der Waals surface area contributed by atoms with Gasteiger partial charge in [0, 0.05) is 24.9 Å². The standard InChI is InChI=1S/C12H16N2O6S/c1-8(7-21(2,19)20)13-6-9-4-3-5-10(14(17)18)11(9)12(15)16/h3-5,8,13H,6-7H2,1-2H3,(H,15,16). The Hall–Kier alpha value is -2.00. The highest BCUT2D eigenvalue weighted by molar-refractivity contribution is 7.90. The highest BCUT2D eigenvalue weighted by atomic mass is 32.2. The summed E-state index contributed by atoms with van der Waals surface area (Å²) in [5.41, 5.74) is -0.642. The molecule has 0 saturated heterocycles. The van der Waals surface area contributed by atoms with Crippen LogP contribution >= 0.6 is 0 Å². The number of nitrogens with one attached hydrogen (secondary N) is 1. The van der Waals surface area contributed by atoms with Crippen LogP contribution in [0.4, 0.5) is 5.69 Å². The lowest BCUT2D eigenvalue weighted by molar-refractivity contribution is -0.385. The van der Waals surface area contributed by atoms with Crippen LogP contribution < -0.4 is 5.32 Å². The van der Waals surface area contributed by atoms with Crippen LogP contribution in [0.2, 0.25) is 0 Å². The summed E-state index contributed by atoms with van der Waals surface area (Å²) in [6.07, 6.45) is 1.10. The molecule has 0 spiro atoms. The average Bonchev–Trinajstić information content (AvgIpc) is 2.33. The Balaban J connectivity index is 2.96.